The van der Waals surface area contributed by atoms with Crippen LogP contribution >= 0.6 is 22.9 Å². The van der Waals surface area contributed by atoms with Crippen molar-refractivity contribution in [1.82, 2.24) is 4.98 Å². The number of carbonyl (C=O) groups excluding carboxylic acids is 1. The van der Waals surface area contributed by atoms with E-state index in [0.717, 1.165) is 17.6 Å². The van der Waals surface area contributed by atoms with Gasteiger partial charge in [0.2, 0.25) is 5.91 Å². The van der Waals surface area contributed by atoms with Gasteiger partial charge in [-0.25, -0.2) is 13.4 Å². The number of nitrogens with zero attached hydrogens (tertiary/aromatic N) is 2. The number of hydrogen-bond donors (Lipinski definition) is 1. The summed E-state index contributed by atoms with van der Waals surface area (Å²) in [4.78, 5) is 26.8. The van der Waals surface area contributed by atoms with Crippen molar-refractivity contribution in [2.45, 2.75) is 4.90 Å². The van der Waals surface area contributed by atoms with E-state index in [2.05, 4.69) is 10.3 Å². The minimum atomic E-state index is -3.34. The molecule has 1 aromatic heterocycles. The summed E-state index contributed by atoms with van der Waals surface area (Å²) in [6, 6.07) is 8.71. The molecule has 28 heavy (non-hydrogen) atoms. The van der Waals surface area contributed by atoms with E-state index in [4.69, 9.17) is 11.6 Å². The van der Waals surface area contributed by atoms with Crippen LogP contribution in [0.5, 0.6) is 0 Å². The van der Waals surface area contributed by atoms with E-state index < -0.39 is 20.7 Å². The third-order valence-electron chi connectivity index (χ3n) is 3.61. The molecule has 2 aromatic carbocycles. The molecule has 0 bridgehead atoms. The lowest BCUT2D eigenvalue weighted by atomic mass is 10.2. The molecule has 0 unspecified atom stereocenters. The van der Waals surface area contributed by atoms with E-state index in [9.17, 15) is 23.3 Å². The van der Waals surface area contributed by atoms with E-state index in [-0.39, 0.29) is 15.6 Å². The molecule has 144 valence electrons. The molecule has 3 rings (SSSR count). The van der Waals surface area contributed by atoms with E-state index in [1.807, 2.05) is 0 Å². The first-order valence-electron chi connectivity index (χ1n) is 7.67. The molecule has 0 spiro atoms. The third kappa shape index (κ3) is 4.53. The standard InChI is InChI=1S/C17H12ClN3O5S2/c1-28(25,26)11-4-6-13-15(9-11)27-17(19-13)20-16(22)7-3-10-2-5-12(18)14(8-10)21(23)24/h2-9H,1H3,(H,19,20,22)/b7-3+. The van der Waals surface area contributed by atoms with Crippen LogP contribution in [0.15, 0.2) is 47.4 Å². The van der Waals surface area contributed by atoms with E-state index in [0.29, 0.717) is 20.9 Å². The van der Waals surface area contributed by atoms with E-state index >= 15 is 0 Å². The topological polar surface area (TPSA) is 119 Å². The third-order valence-corrected chi connectivity index (χ3v) is 5.98. The predicted octanol–water partition coefficient (Wildman–Crippen LogP) is 3.91. The average molecular weight is 438 g/mol. The van der Waals surface area contributed by atoms with Crippen LogP contribution in [0.3, 0.4) is 0 Å². The molecule has 0 aliphatic heterocycles. The Morgan fingerprint density at radius 2 is 2.04 bits per heavy atom. The summed E-state index contributed by atoms with van der Waals surface area (Å²) < 4.78 is 23.9. The normalized spacial score (nSPS) is 11.8. The van der Waals surface area contributed by atoms with Gasteiger partial charge >= 0.3 is 0 Å². The Morgan fingerprint density at radius 3 is 2.71 bits per heavy atom. The van der Waals surface area contributed by atoms with Crippen LogP contribution < -0.4 is 5.32 Å². The van der Waals surface area contributed by atoms with E-state index in [1.54, 1.807) is 12.1 Å². The number of fused-ring (bicyclic) bond motifs is 1. The van der Waals surface area contributed by atoms with Crippen molar-refractivity contribution in [2.75, 3.05) is 11.6 Å². The monoisotopic (exact) mass is 437 g/mol. The fraction of sp³-hybridized carbons (Fsp3) is 0.0588. The molecule has 0 radical (unpaired) electrons. The SMILES string of the molecule is CS(=O)(=O)c1ccc2nc(NC(=O)/C=C/c3ccc(Cl)c([N+](=O)[O-])c3)sc2c1. The largest absolute Gasteiger partial charge is 0.298 e. The molecule has 0 atom stereocenters. The molecule has 0 aliphatic carbocycles. The molecule has 0 aliphatic rings. The van der Waals surface area contributed by atoms with Crippen molar-refractivity contribution in [1.29, 1.82) is 0 Å². The number of aromatic nitrogens is 1. The Kier molecular flexibility index (Phi) is 5.45. The number of nitro groups is 1. The molecule has 0 fully saturated rings. The van der Waals surface area contributed by atoms with Crippen molar-refractivity contribution < 1.29 is 18.1 Å². The Balaban J connectivity index is 1.77. The van der Waals surface area contributed by atoms with Gasteiger partial charge in [-0.05, 0) is 35.9 Å². The Hall–Kier alpha value is -2.82. The number of rotatable bonds is 5. The fourth-order valence-electron chi connectivity index (χ4n) is 2.28. The highest BCUT2D eigenvalue weighted by Gasteiger charge is 2.13. The minimum absolute atomic E-state index is 0.00883. The van der Waals surface area contributed by atoms with Crippen molar-refractivity contribution >= 4 is 65.8 Å². The van der Waals surface area contributed by atoms with Gasteiger partial charge in [0, 0.05) is 18.4 Å². The zero-order valence-electron chi connectivity index (χ0n) is 14.2. The van der Waals surface area contributed by atoms with Crippen LogP contribution in [-0.4, -0.2) is 30.5 Å². The number of sulfone groups is 1. The molecule has 1 amide bonds. The van der Waals surface area contributed by atoms with Crippen LogP contribution in [0, 0.1) is 10.1 Å². The number of halogens is 1. The van der Waals surface area contributed by atoms with E-state index in [1.165, 1.54) is 36.4 Å². The van der Waals surface area contributed by atoms with Crippen molar-refractivity contribution in [3.63, 3.8) is 0 Å². The molecule has 8 nitrogen and oxygen atoms in total. The quantitative estimate of drug-likeness (QED) is 0.367. The second kappa shape index (κ2) is 7.66. The number of amides is 1. The highest BCUT2D eigenvalue weighted by molar-refractivity contribution is 7.90. The second-order valence-corrected chi connectivity index (χ2v) is 9.16. The molecule has 0 saturated carbocycles. The Morgan fingerprint density at radius 1 is 1.29 bits per heavy atom. The smallest absolute Gasteiger partial charge is 0.288 e. The van der Waals surface area contributed by atoms with Crippen LogP contribution in [-0.2, 0) is 14.6 Å². The number of anilines is 1. The number of thiazole rings is 1. The number of nitrogens with one attached hydrogen (secondary N) is 1. The van der Waals surface area contributed by atoms with Gasteiger partial charge in [-0.1, -0.05) is 29.0 Å². The first-order chi connectivity index (χ1) is 13.1. The summed E-state index contributed by atoms with van der Waals surface area (Å²) in [5, 5.41) is 13.8. The summed E-state index contributed by atoms with van der Waals surface area (Å²) in [6.07, 6.45) is 3.73. The van der Waals surface area contributed by atoms with Crippen LogP contribution in [0.2, 0.25) is 5.02 Å². The first kappa shape index (κ1) is 19.9. The molecular weight excluding hydrogens is 426 g/mol. The molecule has 11 heteroatoms. The van der Waals surface area contributed by atoms with Crippen LogP contribution in [0.1, 0.15) is 5.56 Å². The van der Waals surface area contributed by atoms with Gasteiger partial charge < -0.3 is 0 Å². The highest BCUT2D eigenvalue weighted by Crippen LogP contribution is 2.28. The zero-order valence-corrected chi connectivity index (χ0v) is 16.6. The van der Waals surface area contributed by atoms with Crippen molar-refractivity contribution in [2.24, 2.45) is 0 Å². The maximum Gasteiger partial charge on any atom is 0.288 e. The second-order valence-electron chi connectivity index (χ2n) is 5.71. The summed E-state index contributed by atoms with van der Waals surface area (Å²) in [5.74, 6) is -0.486. The van der Waals surface area contributed by atoms with Gasteiger partial charge in [0.15, 0.2) is 15.0 Å². The lowest BCUT2D eigenvalue weighted by Crippen LogP contribution is -2.07. The van der Waals surface area contributed by atoms with Gasteiger partial charge in [-0.3, -0.25) is 20.2 Å². The number of benzene rings is 2. The lowest BCUT2D eigenvalue weighted by molar-refractivity contribution is -0.384. The first-order valence-corrected chi connectivity index (χ1v) is 10.8. The summed E-state index contributed by atoms with van der Waals surface area (Å²) in [6.45, 7) is 0. The average Bonchev–Trinajstić information content (AvgIpc) is 3.01. The van der Waals surface area contributed by atoms with Gasteiger partial charge in [-0.2, -0.15) is 0 Å². The van der Waals surface area contributed by atoms with Gasteiger partial charge in [0.05, 0.1) is 20.0 Å². The Bertz CT molecular complexity index is 1230. The molecule has 1 heterocycles. The van der Waals surface area contributed by atoms with Gasteiger partial charge in [0.25, 0.3) is 5.69 Å². The number of hydrogen-bond acceptors (Lipinski definition) is 7. The molecule has 0 saturated heterocycles. The minimum Gasteiger partial charge on any atom is -0.298 e. The maximum absolute atomic E-state index is 12.1. The van der Waals surface area contributed by atoms with Gasteiger partial charge in [0.1, 0.15) is 5.02 Å². The zero-order chi connectivity index (χ0) is 20.5. The predicted molar refractivity (Wildman–Crippen MR) is 108 cm³/mol. The van der Waals surface area contributed by atoms with Crippen molar-refractivity contribution in [3.8, 4) is 0 Å². The fourth-order valence-corrected chi connectivity index (χ4v) is 4.10. The molecule has 3 aromatic rings. The summed E-state index contributed by atoms with van der Waals surface area (Å²) in [7, 11) is -3.34. The Labute approximate surface area is 168 Å². The molecule has 1 N–H and O–H groups in total. The number of carbonyl (C=O) groups is 1. The van der Waals surface area contributed by atoms with Crippen molar-refractivity contribution in [3.05, 3.63) is 63.2 Å². The maximum atomic E-state index is 12.1. The van der Waals surface area contributed by atoms with Crippen LogP contribution in [0.4, 0.5) is 10.8 Å². The molecular formula is C17H12ClN3O5S2. The van der Waals surface area contributed by atoms with Crippen LogP contribution in [0.25, 0.3) is 16.3 Å². The number of nitro benzene ring substituents is 1. The highest BCUT2D eigenvalue weighted by atomic mass is 35.5. The van der Waals surface area contributed by atoms with Gasteiger partial charge in [-0.15, -0.1) is 0 Å². The lowest BCUT2D eigenvalue weighted by Gasteiger charge is -1.98. The summed E-state index contributed by atoms with van der Waals surface area (Å²) >= 11 is 6.89. The summed E-state index contributed by atoms with van der Waals surface area (Å²) in [5.41, 5.74) is 0.746.